The number of hydrogen-bond donors (Lipinski definition) is 2. The van der Waals surface area contributed by atoms with Crippen molar-refractivity contribution in [3.8, 4) is 11.5 Å². The first-order valence-corrected chi connectivity index (χ1v) is 6.69. The first-order chi connectivity index (χ1) is 10.4. The van der Waals surface area contributed by atoms with E-state index < -0.39 is 0 Å². The molecule has 0 aliphatic carbocycles. The van der Waals surface area contributed by atoms with Crippen LogP contribution in [0.3, 0.4) is 0 Å². The number of H-pyrrole nitrogens is 2. The smallest absolute Gasteiger partial charge is 0.525 e. The number of benzene rings is 2. The summed E-state index contributed by atoms with van der Waals surface area (Å²) in [5, 5.41) is 2.05. The zero-order valence-corrected chi connectivity index (χ0v) is 11.2. The van der Waals surface area contributed by atoms with Gasteiger partial charge in [-0.1, -0.05) is 24.3 Å². The lowest BCUT2D eigenvalue weighted by atomic mass is 10.2. The topological polar surface area (TPSA) is 50.0 Å². The largest absolute Gasteiger partial charge is 0.658 e. The van der Waals surface area contributed by atoms with E-state index in [1.165, 1.54) is 7.69 Å². The van der Waals surface area contributed by atoms with Crippen molar-refractivity contribution in [2.24, 2.45) is 0 Å². The van der Waals surface area contributed by atoms with Crippen molar-refractivity contribution < 1.29 is 9.31 Å². The Labute approximate surface area is 122 Å². The lowest BCUT2D eigenvalue weighted by Gasteiger charge is -2.04. The van der Waals surface area contributed by atoms with Crippen LogP contribution in [0.1, 0.15) is 0 Å². The van der Waals surface area contributed by atoms with E-state index in [0.29, 0.717) is 0 Å². The first-order valence-electron chi connectivity index (χ1n) is 6.69. The average Bonchev–Trinajstić information content (AvgIpc) is 3.13. The second-order valence-corrected chi connectivity index (χ2v) is 4.73. The van der Waals surface area contributed by atoms with Crippen molar-refractivity contribution in [2.45, 2.75) is 0 Å². The molecular formula is C16H12BN2O2. The Morgan fingerprint density at radius 3 is 1.67 bits per heavy atom. The summed E-state index contributed by atoms with van der Waals surface area (Å²) in [6.45, 7) is 0. The van der Waals surface area contributed by atoms with Gasteiger partial charge in [0.25, 0.3) is 0 Å². The SMILES string of the molecule is [B](Oc1c[nH]c2ccccc12)Oc1c[nH]c2ccccc12. The predicted octanol–water partition coefficient (Wildman–Crippen LogP) is 3.64. The fraction of sp³-hybridized carbons (Fsp3) is 0. The highest BCUT2D eigenvalue weighted by Crippen LogP contribution is 2.26. The highest BCUT2D eigenvalue weighted by atomic mass is 16.6. The molecule has 4 aromatic rings. The molecule has 0 bridgehead atoms. The minimum absolute atomic E-state index is 0.741. The normalized spacial score (nSPS) is 10.9. The van der Waals surface area contributed by atoms with E-state index in [0.717, 1.165) is 33.3 Å². The molecule has 0 unspecified atom stereocenters. The fourth-order valence-electron chi connectivity index (χ4n) is 2.41. The van der Waals surface area contributed by atoms with Crippen LogP contribution >= 0.6 is 0 Å². The van der Waals surface area contributed by atoms with Gasteiger partial charge in [0.15, 0.2) is 0 Å². The summed E-state index contributed by atoms with van der Waals surface area (Å²) in [4.78, 5) is 6.31. The third-order valence-electron chi connectivity index (χ3n) is 3.45. The quantitative estimate of drug-likeness (QED) is 0.558. The summed E-state index contributed by atoms with van der Waals surface area (Å²) < 4.78 is 11.2. The van der Waals surface area contributed by atoms with Crippen LogP contribution in [0.5, 0.6) is 11.5 Å². The Balaban J connectivity index is 1.50. The number of aromatic amines is 2. The van der Waals surface area contributed by atoms with E-state index in [1.54, 1.807) is 0 Å². The van der Waals surface area contributed by atoms with Crippen LogP contribution in [-0.4, -0.2) is 17.7 Å². The van der Waals surface area contributed by atoms with Crippen molar-refractivity contribution in [3.63, 3.8) is 0 Å². The lowest BCUT2D eigenvalue weighted by molar-refractivity contribution is 0.464. The Morgan fingerprint density at radius 2 is 1.14 bits per heavy atom. The molecule has 5 heteroatoms. The lowest BCUT2D eigenvalue weighted by Crippen LogP contribution is -2.10. The van der Waals surface area contributed by atoms with Crippen molar-refractivity contribution in [1.82, 2.24) is 9.97 Å². The van der Waals surface area contributed by atoms with Crippen molar-refractivity contribution >= 4 is 29.5 Å². The molecular weight excluding hydrogens is 263 g/mol. The second-order valence-electron chi connectivity index (χ2n) is 4.73. The molecule has 0 atom stereocenters. The molecule has 2 N–H and O–H groups in total. The summed E-state index contributed by atoms with van der Waals surface area (Å²) in [6.07, 6.45) is 3.64. The van der Waals surface area contributed by atoms with Gasteiger partial charge in [-0.25, -0.2) is 0 Å². The number of aromatic nitrogens is 2. The van der Waals surface area contributed by atoms with E-state index in [9.17, 15) is 0 Å². The third-order valence-corrected chi connectivity index (χ3v) is 3.45. The van der Waals surface area contributed by atoms with Gasteiger partial charge in [0.2, 0.25) is 0 Å². The monoisotopic (exact) mass is 275 g/mol. The van der Waals surface area contributed by atoms with Crippen LogP contribution in [-0.2, 0) is 0 Å². The van der Waals surface area contributed by atoms with E-state index in [4.69, 9.17) is 9.31 Å². The highest BCUT2D eigenvalue weighted by Gasteiger charge is 2.09. The molecule has 4 rings (SSSR count). The van der Waals surface area contributed by atoms with Crippen LogP contribution in [0.15, 0.2) is 60.9 Å². The maximum absolute atomic E-state index is 5.59. The highest BCUT2D eigenvalue weighted by molar-refractivity contribution is 6.22. The van der Waals surface area contributed by atoms with E-state index >= 15 is 0 Å². The summed E-state index contributed by atoms with van der Waals surface area (Å²) in [5.41, 5.74) is 2.07. The van der Waals surface area contributed by atoms with Gasteiger partial charge in [0.1, 0.15) is 11.5 Å². The van der Waals surface area contributed by atoms with Crippen LogP contribution in [0.4, 0.5) is 0 Å². The van der Waals surface area contributed by atoms with Gasteiger partial charge in [-0.3, -0.25) is 0 Å². The van der Waals surface area contributed by atoms with Gasteiger partial charge < -0.3 is 19.3 Å². The molecule has 21 heavy (non-hydrogen) atoms. The summed E-state index contributed by atoms with van der Waals surface area (Å²) in [5.74, 6) is 1.48. The first kappa shape index (κ1) is 12.0. The molecule has 0 aliphatic heterocycles. The van der Waals surface area contributed by atoms with Gasteiger partial charge >= 0.3 is 7.69 Å². The maximum Gasteiger partial charge on any atom is 0.658 e. The average molecular weight is 275 g/mol. The summed E-state index contributed by atoms with van der Waals surface area (Å²) in [7, 11) is 1.35. The molecule has 0 saturated heterocycles. The molecule has 1 radical (unpaired) electrons. The number of para-hydroxylation sites is 2. The minimum atomic E-state index is 0.741. The van der Waals surface area contributed by atoms with Crippen LogP contribution in [0.25, 0.3) is 21.8 Å². The van der Waals surface area contributed by atoms with Crippen molar-refractivity contribution in [1.29, 1.82) is 0 Å². The number of fused-ring (bicyclic) bond motifs is 2. The minimum Gasteiger partial charge on any atom is -0.525 e. The van der Waals surface area contributed by atoms with Crippen molar-refractivity contribution in [3.05, 3.63) is 60.9 Å². The van der Waals surface area contributed by atoms with E-state index in [2.05, 4.69) is 9.97 Å². The second kappa shape index (κ2) is 4.94. The number of hydrogen-bond acceptors (Lipinski definition) is 2. The van der Waals surface area contributed by atoms with Gasteiger partial charge in [0, 0.05) is 34.2 Å². The van der Waals surface area contributed by atoms with Crippen molar-refractivity contribution in [2.75, 3.05) is 0 Å². The van der Waals surface area contributed by atoms with Gasteiger partial charge in [0.05, 0.1) is 0 Å². The number of nitrogens with one attached hydrogen (secondary N) is 2. The zero-order valence-electron chi connectivity index (χ0n) is 11.2. The standard InChI is InChI=1S/C16H12BN2O2/c1-3-7-13-11(5-1)15(9-18-13)20-17-21-16-10-19-14-8-4-2-6-12(14)16/h1-10,18-19H. The van der Waals surface area contributed by atoms with Gasteiger partial charge in [-0.15, -0.1) is 0 Å². The Kier molecular flexibility index (Phi) is 2.82. The summed E-state index contributed by atoms with van der Waals surface area (Å²) >= 11 is 0. The van der Waals surface area contributed by atoms with Gasteiger partial charge in [-0.05, 0) is 24.3 Å². The third kappa shape index (κ3) is 2.12. The fourth-order valence-corrected chi connectivity index (χ4v) is 2.41. The zero-order chi connectivity index (χ0) is 14.1. The predicted molar refractivity (Wildman–Crippen MR) is 83.6 cm³/mol. The molecule has 0 spiro atoms. The maximum atomic E-state index is 5.59. The van der Waals surface area contributed by atoms with E-state index in [1.807, 2.05) is 60.9 Å². The molecule has 101 valence electrons. The molecule has 2 aromatic heterocycles. The molecule has 2 aromatic carbocycles. The Morgan fingerprint density at radius 1 is 0.667 bits per heavy atom. The number of rotatable bonds is 4. The van der Waals surface area contributed by atoms with E-state index in [-0.39, 0.29) is 0 Å². The van der Waals surface area contributed by atoms with Gasteiger partial charge in [-0.2, -0.15) is 0 Å². The molecule has 0 aliphatic rings. The molecule has 2 heterocycles. The molecule has 0 amide bonds. The Bertz CT molecular complexity index is 823. The van der Waals surface area contributed by atoms with Crippen LogP contribution in [0.2, 0.25) is 0 Å². The molecule has 0 fully saturated rings. The molecule has 0 saturated carbocycles. The Hall–Kier alpha value is -2.82. The van der Waals surface area contributed by atoms with Crippen LogP contribution < -0.4 is 9.31 Å². The van der Waals surface area contributed by atoms with Crippen LogP contribution in [0, 0.1) is 0 Å². The summed E-state index contributed by atoms with van der Waals surface area (Å²) in [6, 6.07) is 15.9. The molecule has 4 nitrogen and oxygen atoms in total.